The Labute approximate surface area is 193 Å². The number of anilines is 1. The molecule has 1 saturated carbocycles. The van der Waals surface area contributed by atoms with Gasteiger partial charge in [-0.1, -0.05) is 0 Å². The summed E-state index contributed by atoms with van der Waals surface area (Å²) in [5.74, 6) is -1.68. The molecule has 0 aliphatic heterocycles. The summed E-state index contributed by atoms with van der Waals surface area (Å²) in [5, 5.41) is 10.1. The lowest BCUT2D eigenvalue weighted by atomic mass is 10.0. The van der Waals surface area contributed by atoms with E-state index in [1.54, 1.807) is 13.0 Å². The first-order valence-electron chi connectivity index (χ1n) is 10.7. The number of aromatic nitrogens is 2. The number of aryl methyl sites for hydroxylation is 1. The number of pyridine rings is 2. The third-order valence-electron chi connectivity index (χ3n) is 6.15. The molecule has 1 aliphatic rings. The third-order valence-corrected chi connectivity index (χ3v) is 6.15. The number of nitrogen functional groups attached to an aromatic ring is 1. The van der Waals surface area contributed by atoms with Crippen LogP contribution in [-0.2, 0) is 12.7 Å². The zero-order valence-corrected chi connectivity index (χ0v) is 18.2. The number of nitrogens with zero attached hydrogens (tertiary/aromatic N) is 4. The zero-order valence-electron chi connectivity index (χ0n) is 18.2. The molecule has 0 spiro atoms. The Morgan fingerprint density at radius 2 is 2.03 bits per heavy atom. The van der Waals surface area contributed by atoms with Gasteiger partial charge in [0, 0.05) is 23.7 Å². The molecule has 10 heteroatoms. The third kappa shape index (κ3) is 4.51. The topological polar surface area (TPSA) is 95.9 Å². The summed E-state index contributed by atoms with van der Waals surface area (Å²) in [6.45, 7) is 1.58. The number of hydrogen-bond acceptors (Lipinski definition) is 5. The van der Waals surface area contributed by atoms with Gasteiger partial charge in [-0.15, -0.1) is 0 Å². The Bertz CT molecular complexity index is 1280. The average molecular weight is 471 g/mol. The van der Waals surface area contributed by atoms with Crippen molar-refractivity contribution < 1.29 is 22.4 Å². The predicted octanol–water partition coefficient (Wildman–Crippen LogP) is 5.01. The number of nitriles is 1. The van der Waals surface area contributed by atoms with Gasteiger partial charge in [0.1, 0.15) is 11.6 Å². The van der Waals surface area contributed by atoms with Gasteiger partial charge >= 0.3 is 6.18 Å². The van der Waals surface area contributed by atoms with Crippen LogP contribution in [0, 0.1) is 30.0 Å². The molecule has 1 aliphatic carbocycles. The lowest BCUT2D eigenvalue weighted by Crippen LogP contribution is -2.42. The van der Waals surface area contributed by atoms with Crippen LogP contribution in [0.15, 0.2) is 36.5 Å². The number of carbonyl (C=O) groups excluding carboxylic acids is 1. The van der Waals surface area contributed by atoms with Crippen LogP contribution in [0.5, 0.6) is 0 Å². The van der Waals surface area contributed by atoms with Crippen LogP contribution < -0.4 is 5.73 Å². The van der Waals surface area contributed by atoms with E-state index in [0.29, 0.717) is 41.9 Å². The Morgan fingerprint density at radius 3 is 2.68 bits per heavy atom. The van der Waals surface area contributed by atoms with Gasteiger partial charge in [-0.2, -0.15) is 18.4 Å². The number of hydrogen-bond donors (Lipinski definition) is 1. The molecule has 2 N–H and O–H groups in total. The second-order valence-electron chi connectivity index (χ2n) is 8.42. The number of alkyl halides is 3. The minimum Gasteiger partial charge on any atom is -0.383 e. The highest BCUT2D eigenvalue weighted by Gasteiger charge is 2.37. The molecule has 0 bridgehead atoms. The largest absolute Gasteiger partial charge is 0.417 e. The van der Waals surface area contributed by atoms with E-state index in [2.05, 4.69) is 16.0 Å². The van der Waals surface area contributed by atoms with E-state index < -0.39 is 35.4 Å². The molecule has 176 valence electrons. The summed E-state index contributed by atoms with van der Waals surface area (Å²) >= 11 is 0. The molecule has 1 fully saturated rings. The molecule has 1 amide bonds. The van der Waals surface area contributed by atoms with Crippen molar-refractivity contribution in [2.45, 2.75) is 44.9 Å². The number of nitrogens with two attached hydrogens (primary N) is 1. The van der Waals surface area contributed by atoms with E-state index in [0.717, 1.165) is 12.1 Å². The molecular weight excluding hydrogens is 450 g/mol. The van der Waals surface area contributed by atoms with Crippen molar-refractivity contribution in [1.29, 1.82) is 5.26 Å². The van der Waals surface area contributed by atoms with Crippen molar-refractivity contribution in [2.24, 2.45) is 5.92 Å². The summed E-state index contributed by atoms with van der Waals surface area (Å²) in [7, 11) is 0. The van der Waals surface area contributed by atoms with E-state index in [-0.39, 0.29) is 23.6 Å². The highest BCUT2D eigenvalue weighted by molar-refractivity contribution is 5.98. The first-order valence-corrected chi connectivity index (χ1v) is 10.7. The fraction of sp³-hybridized carbons (Fsp3) is 0.333. The van der Waals surface area contributed by atoms with Crippen LogP contribution in [0.2, 0.25) is 0 Å². The van der Waals surface area contributed by atoms with Gasteiger partial charge < -0.3 is 10.6 Å². The van der Waals surface area contributed by atoms with E-state index >= 15 is 4.39 Å². The van der Waals surface area contributed by atoms with Crippen LogP contribution in [0.3, 0.4) is 0 Å². The van der Waals surface area contributed by atoms with Gasteiger partial charge in [0.2, 0.25) is 0 Å². The Morgan fingerprint density at radius 1 is 1.26 bits per heavy atom. The molecule has 34 heavy (non-hydrogen) atoms. The lowest BCUT2D eigenvalue weighted by Gasteiger charge is -2.31. The van der Waals surface area contributed by atoms with E-state index in [9.17, 15) is 23.2 Å². The summed E-state index contributed by atoms with van der Waals surface area (Å²) in [6, 6.07) is 7.97. The minimum atomic E-state index is -4.54. The van der Waals surface area contributed by atoms with Crippen LogP contribution in [0.1, 0.15) is 46.4 Å². The molecular formula is C24H21F4N5O. The van der Waals surface area contributed by atoms with Crippen molar-refractivity contribution in [3.8, 4) is 6.07 Å². The number of benzene rings is 1. The first-order chi connectivity index (χ1) is 16.1. The Kier molecular flexibility index (Phi) is 6.13. The number of carbonyl (C=O) groups is 1. The second-order valence-corrected chi connectivity index (χ2v) is 8.42. The molecule has 0 saturated heterocycles. The standard InChI is InChI=1S/C24H21F4N5O/c1-13-7-15-8-18(19(25)9-20(15)32-22(13)30)23(34)33(21-4-2-3-14(21)10-29)12-17-6-5-16(11-31-17)24(26,27)28/h5-9,11,14,21H,2-4,12H2,1H3,(H2,30,32)/t14-,21+/m0/s1. The highest BCUT2D eigenvalue weighted by atomic mass is 19.4. The number of fused-ring (bicyclic) bond motifs is 1. The lowest BCUT2D eigenvalue weighted by molar-refractivity contribution is -0.137. The molecule has 0 unspecified atom stereocenters. The van der Waals surface area contributed by atoms with E-state index in [1.807, 2.05) is 0 Å². The summed E-state index contributed by atoms with van der Waals surface area (Å²) in [4.78, 5) is 22.9. The molecule has 0 radical (unpaired) electrons. The Hall–Kier alpha value is -3.74. The fourth-order valence-corrected chi connectivity index (χ4v) is 4.30. The predicted molar refractivity (Wildman–Crippen MR) is 117 cm³/mol. The monoisotopic (exact) mass is 471 g/mol. The van der Waals surface area contributed by atoms with Gasteiger partial charge in [0.15, 0.2) is 0 Å². The summed E-state index contributed by atoms with van der Waals surface area (Å²) in [5.41, 5.74) is 5.85. The van der Waals surface area contributed by atoms with Gasteiger partial charge in [-0.25, -0.2) is 9.37 Å². The van der Waals surface area contributed by atoms with Crippen molar-refractivity contribution in [2.75, 3.05) is 5.73 Å². The second kappa shape index (κ2) is 8.89. The number of rotatable bonds is 4. The summed E-state index contributed by atoms with van der Waals surface area (Å²) in [6.07, 6.45) is -2.03. The maximum atomic E-state index is 15.0. The quantitative estimate of drug-likeness (QED) is 0.540. The molecule has 4 rings (SSSR count). The van der Waals surface area contributed by atoms with Crippen LogP contribution >= 0.6 is 0 Å². The number of amides is 1. The highest BCUT2D eigenvalue weighted by Crippen LogP contribution is 2.33. The zero-order chi connectivity index (χ0) is 24.6. The fourth-order valence-electron chi connectivity index (χ4n) is 4.30. The van der Waals surface area contributed by atoms with Gasteiger partial charge in [-0.05, 0) is 56.0 Å². The van der Waals surface area contributed by atoms with Crippen molar-refractivity contribution in [3.05, 3.63) is 64.7 Å². The SMILES string of the molecule is Cc1cc2cc(C(=O)N(Cc3ccc(C(F)(F)F)cn3)[C@@H]3CCC[C@H]3C#N)c(F)cc2nc1N. The van der Waals surface area contributed by atoms with E-state index in [1.165, 1.54) is 17.0 Å². The molecule has 3 aromatic rings. The van der Waals surface area contributed by atoms with Crippen molar-refractivity contribution >= 4 is 22.6 Å². The van der Waals surface area contributed by atoms with Crippen molar-refractivity contribution in [1.82, 2.24) is 14.9 Å². The molecule has 2 heterocycles. The molecule has 2 atom stereocenters. The van der Waals surface area contributed by atoms with Crippen molar-refractivity contribution in [3.63, 3.8) is 0 Å². The number of halogens is 4. The Balaban J connectivity index is 1.73. The summed E-state index contributed by atoms with van der Waals surface area (Å²) < 4.78 is 53.7. The molecule has 2 aromatic heterocycles. The maximum Gasteiger partial charge on any atom is 0.417 e. The normalized spacial score (nSPS) is 18.1. The minimum absolute atomic E-state index is 0.156. The van der Waals surface area contributed by atoms with Crippen LogP contribution in [0.4, 0.5) is 23.4 Å². The van der Waals surface area contributed by atoms with E-state index in [4.69, 9.17) is 5.73 Å². The molecule has 1 aromatic carbocycles. The van der Waals surface area contributed by atoms with Crippen LogP contribution in [0.25, 0.3) is 10.9 Å². The van der Waals surface area contributed by atoms with Gasteiger partial charge in [0.05, 0.1) is 40.9 Å². The average Bonchev–Trinajstić information content (AvgIpc) is 3.26. The van der Waals surface area contributed by atoms with Crippen LogP contribution in [-0.4, -0.2) is 26.8 Å². The smallest absolute Gasteiger partial charge is 0.383 e. The molecule has 6 nitrogen and oxygen atoms in total. The first kappa shape index (κ1) is 23.4. The van der Waals surface area contributed by atoms with Gasteiger partial charge in [0.25, 0.3) is 5.91 Å². The van der Waals surface area contributed by atoms with Gasteiger partial charge in [-0.3, -0.25) is 9.78 Å². The maximum absolute atomic E-state index is 15.0.